The van der Waals surface area contributed by atoms with Crippen LogP contribution in [0.1, 0.15) is 43.9 Å². The average Bonchev–Trinajstić information content (AvgIpc) is 3.62. The zero-order chi connectivity index (χ0) is 32.3. The molecule has 0 aliphatic carbocycles. The molecule has 2 N–H and O–H groups in total. The van der Waals surface area contributed by atoms with Crippen molar-refractivity contribution in [1.82, 2.24) is 25.6 Å². The van der Waals surface area contributed by atoms with Gasteiger partial charge in [-0.25, -0.2) is 19.9 Å². The molecule has 45 heavy (non-hydrogen) atoms. The number of halogens is 4. The van der Waals surface area contributed by atoms with E-state index in [4.69, 9.17) is 11.6 Å². The SMILES string of the molecule is CC(C)c1ccc(Cl)cc1N1C(=O)CS/C1=N\C(=O)NNC(C)c1ccc(-c2ncn(-c3ccc(OC(F)(F)F)cc3)n2)cc1. The summed E-state index contributed by atoms with van der Waals surface area (Å²) in [6.07, 6.45) is -3.31. The highest BCUT2D eigenvalue weighted by Gasteiger charge is 2.33. The lowest BCUT2D eigenvalue weighted by Crippen LogP contribution is -2.39. The number of hydrogen-bond acceptors (Lipinski definition) is 7. The first-order valence-corrected chi connectivity index (χ1v) is 15.0. The Hall–Kier alpha value is -4.40. The standard InChI is InChI=1S/C30H27ClF3N7O3S/c1-17(2)24-13-8-21(31)14-25(24)41-26(42)15-45-29(41)36-28(43)38-37-18(3)19-4-6-20(7-5-19)27-35-16-40(39-27)22-9-11-23(12-10-22)44-30(32,33)34/h4-14,16-18,37H,15H2,1-3H3,(H,38,43)/b36-29-. The number of urea groups is 1. The fourth-order valence-electron chi connectivity index (χ4n) is 4.49. The number of nitrogens with zero attached hydrogens (tertiary/aromatic N) is 5. The summed E-state index contributed by atoms with van der Waals surface area (Å²) in [4.78, 5) is 35.3. The van der Waals surface area contributed by atoms with Crippen LogP contribution in [0.3, 0.4) is 0 Å². The van der Waals surface area contributed by atoms with E-state index in [1.165, 1.54) is 51.9 Å². The fraction of sp³-hybridized carbons (Fsp3) is 0.233. The number of carbonyl (C=O) groups excluding carboxylic acids is 2. The Morgan fingerprint density at radius 1 is 1.07 bits per heavy atom. The number of alkyl halides is 3. The number of ether oxygens (including phenoxy) is 1. The quantitative estimate of drug-likeness (QED) is 0.196. The molecule has 15 heteroatoms. The Balaban J connectivity index is 1.20. The van der Waals surface area contributed by atoms with Crippen LogP contribution in [0.2, 0.25) is 5.02 Å². The topological polar surface area (TPSA) is 114 Å². The molecular formula is C30H27ClF3N7O3S. The molecule has 1 atom stereocenters. The third kappa shape index (κ3) is 7.82. The van der Waals surface area contributed by atoms with Gasteiger partial charge in [0.1, 0.15) is 12.1 Å². The molecule has 3 amide bonds. The summed E-state index contributed by atoms with van der Waals surface area (Å²) in [5.41, 5.74) is 9.08. The van der Waals surface area contributed by atoms with E-state index in [0.29, 0.717) is 27.8 Å². The zero-order valence-corrected chi connectivity index (χ0v) is 25.7. The Labute approximate surface area is 265 Å². The molecule has 5 rings (SSSR count). The van der Waals surface area contributed by atoms with Crippen LogP contribution in [0.5, 0.6) is 5.75 Å². The number of amides is 3. The molecule has 2 heterocycles. The van der Waals surface area contributed by atoms with Crippen LogP contribution >= 0.6 is 23.4 Å². The predicted octanol–water partition coefficient (Wildman–Crippen LogP) is 7.02. The van der Waals surface area contributed by atoms with Gasteiger partial charge in [0.15, 0.2) is 11.0 Å². The molecule has 4 aromatic rings. The first-order valence-electron chi connectivity index (χ1n) is 13.7. The summed E-state index contributed by atoms with van der Waals surface area (Å²) >= 11 is 7.40. The van der Waals surface area contributed by atoms with Crippen molar-refractivity contribution in [2.45, 2.75) is 39.1 Å². The number of nitrogens with one attached hydrogen (secondary N) is 2. The number of rotatable bonds is 8. The van der Waals surface area contributed by atoms with Crippen LogP contribution in [0.15, 0.2) is 78.0 Å². The molecule has 1 aromatic heterocycles. The van der Waals surface area contributed by atoms with Gasteiger partial charge in [-0.05, 0) is 60.4 Å². The smallest absolute Gasteiger partial charge is 0.406 e. The summed E-state index contributed by atoms with van der Waals surface area (Å²) in [6, 6.07) is 16.9. The maximum atomic E-state index is 12.7. The summed E-state index contributed by atoms with van der Waals surface area (Å²) in [5, 5.41) is 5.14. The number of carbonyl (C=O) groups is 2. The Morgan fingerprint density at radius 3 is 2.44 bits per heavy atom. The first-order chi connectivity index (χ1) is 21.4. The molecule has 1 fully saturated rings. The molecule has 0 radical (unpaired) electrons. The van der Waals surface area contributed by atoms with Crippen molar-refractivity contribution in [2.24, 2.45) is 4.99 Å². The van der Waals surface area contributed by atoms with E-state index in [1.807, 2.05) is 51.1 Å². The lowest BCUT2D eigenvalue weighted by Gasteiger charge is -2.22. The van der Waals surface area contributed by atoms with Crippen molar-refractivity contribution >= 4 is 46.2 Å². The monoisotopic (exact) mass is 657 g/mol. The van der Waals surface area contributed by atoms with E-state index in [-0.39, 0.29) is 34.5 Å². The number of aromatic nitrogens is 3. The average molecular weight is 658 g/mol. The van der Waals surface area contributed by atoms with Crippen LogP contribution < -0.4 is 20.5 Å². The van der Waals surface area contributed by atoms with Gasteiger partial charge in [-0.15, -0.1) is 18.3 Å². The number of benzene rings is 3. The molecular weight excluding hydrogens is 631 g/mol. The third-order valence-electron chi connectivity index (χ3n) is 6.71. The van der Waals surface area contributed by atoms with Gasteiger partial charge in [0, 0.05) is 16.6 Å². The normalized spacial score (nSPS) is 15.2. The molecule has 1 saturated heterocycles. The van der Waals surface area contributed by atoms with E-state index in [1.54, 1.807) is 12.1 Å². The van der Waals surface area contributed by atoms with Crippen LogP contribution in [-0.4, -0.2) is 44.0 Å². The van der Waals surface area contributed by atoms with Gasteiger partial charge in [-0.2, -0.15) is 4.99 Å². The van der Waals surface area contributed by atoms with Gasteiger partial charge >= 0.3 is 12.4 Å². The summed E-state index contributed by atoms with van der Waals surface area (Å²) in [5.74, 6) is 0.164. The van der Waals surface area contributed by atoms with E-state index in [0.717, 1.165) is 11.1 Å². The summed E-state index contributed by atoms with van der Waals surface area (Å²) in [6.45, 7) is 5.87. The van der Waals surface area contributed by atoms with E-state index in [2.05, 4.69) is 30.7 Å². The molecule has 1 aliphatic heterocycles. The second-order valence-electron chi connectivity index (χ2n) is 10.2. The second-order valence-corrected chi connectivity index (χ2v) is 11.6. The maximum absolute atomic E-state index is 12.7. The van der Waals surface area contributed by atoms with Gasteiger partial charge in [-0.3, -0.25) is 15.1 Å². The lowest BCUT2D eigenvalue weighted by molar-refractivity contribution is -0.274. The molecule has 0 spiro atoms. The highest BCUT2D eigenvalue weighted by molar-refractivity contribution is 8.15. The minimum absolute atomic E-state index is 0.119. The van der Waals surface area contributed by atoms with Gasteiger partial charge in [0.2, 0.25) is 5.91 Å². The van der Waals surface area contributed by atoms with Crippen LogP contribution in [-0.2, 0) is 4.79 Å². The van der Waals surface area contributed by atoms with E-state index in [9.17, 15) is 22.8 Å². The molecule has 234 valence electrons. The fourth-order valence-corrected chi connectivity index (χ4v) is 5.51. The van der Waals surface area contributed by atoms with E-state index >= 15 is 0 Å². The van der Waals surface area contributed by atoms with Gasteiger partial charge in [-0.1, -0.05) is 67.5 Å². The Morgan fingerprint density at radius 2 is 1.78 bits per heavy atom. The van der Waals surface area contributed by atoms with Crippen molar-refractivity contribution < 1.29 is 27.5 Å². The predicted molar refractivity (Wildman–Crippen MR) is 166 cm³/mol. The minimum atomic E-state index is -4.77. The zero-order valence-electron chi connectivity index (χ0n) is 24.2. The Bertz CT molecular complexity index is 1730. The summed E-state index contributed by atoms with van der Waals surface area (Å²) in [7, 11) is 0. The maximum Gasteiger partial charge on any atom is 0.573 e. The van der Waals surface area contributed by atoms with Gasteiger partial charge in [0.05, 0.1) is 17.1 Å². The van der Waals surface area contributed by atoms with Gasteiger partial charge < -0.3 is 4.74 Å². The molecule has 1 aliphatic rings. The van der Waals surface area contributed by atoms with E-state index < -0.39 is 12.4 Å². The largest absolute Gasteiger partial charge is 0.573 e. The van der Waals surface area contributed by atoms with Gasteiger partial charge in [0.25, 0.3) is 0 Å². The Kier molecular flexibility index (Phi) is 9.46. The molecule has 0 bridgehead atoms. The highest BCUT2D eigenvalue weighted by atomic mass is 35.5. The summed E-state index contributed by atoms with van der Waals surface area (Å²) < 4.78 is 42.6. The van der Waals surface area contributed by atoms with Crippen molar-refractivity contribution in [2.75, 3.05) is 10.7 Å². The molecule has 10 nitrogen and oxygen atoms in total. The number of hydrogen-bond donors (Lipinski definition) is 2. The van der Waals surface area contributed by atoms with Crippen LogP contribution in [0, 0.1) is 0 Å². The second kappa shape index (κ2) is 13.3. The number of thioether (sulfide) groups is 1. The van der Waals surface area contributed by atoms with Crippen molar-refractivity contribution in [1.29, 1.82) is 0 Å². The molecule has 1 unspecified atom stereocenters. The van der Waals surface area contributed by atoms with Crippen molar-refractivity contribution in [3.05, 3.63) is 89.2 Å². The van der Waals surface area contributed by atoms with Crippen molar-refractivity contribution in [3.8, 4) is 22.8 Å². The number of anilines is 1. The molecule has 3 aromatic carbocycles. The van der Waals surface area contributed by atoms with Crippen LogP contribution in [0.4, 0.5) is 23.7 Å². The number of aliphatic imine (C=N–C) groups is 1. The van der Waals surface area contributed by atoms with Crippen LogP contribution in [0.25, 0.3) is 17.1 Å². The minimum Gasteiger partial charge on any atom is -0.406 e. The number of amidine groups is 1. The van der Waals surface area contributed by atoms with Crippen molar-refractivity contribution in [3.63, 3.8) is 0 Å². The molecule has 0 saturated carbocycles. The first kappa shape index (κ1) is 32.0. The highest BCUT2D eigenvalue weighted by Crippen LogP contribution is 2.35. The third-order valence-corrected chi connectivity index (χ3v) is 7.87. The number of hydrazine groups is 1. The lowest BCUT2D eigenvalue weighted by atomic mass is 10.0.